The number of nitrogens with one attached hydrogen (secondary N) is 1. The molecule has 0 bridgehead atoms. The molecule has 0 aliphatic carbocycles. The van der Waals surface area contributed by atoms with Crippen molar-refractivity contribution in [3.05, 3.63) is 89.8 Å². The van der Waals surface area contributed by atoms with Crippen molar-refractivity contribution < 1.29 is 4.39 Å². The molecule has 0 aliphatic heterocycles. The molecule has 0 fully saturated rings. The first-order chi connectivity index (χ1) is 10.8. The van der Waals surface area contributed by atoms with Gasteiger partial charge in [0.05, 0.1) is 0 Å². The third-order valence-electron chi connectivity index (χ3n) is 3.64. The van der Waals surface area contributed by atoms with Gasteiger partial charge in [-0.3, -0.25) is 0 Å². The summed E-state index contributed by atoms with van der Waals surface area (Å²) in [7, 11) is 0. The number of rotatable bonds is 5. The molecule has 3 rings (SSSR count). The number of benzene rings is 3. The Hall–Kier alpha value is -2.45. The van der Waals surface area contributed by atoms with Crippen LogP contribution < -0.4 is 5.32 Å². The van der Waals surface area contributed by atoms with Crippen molar-refractivity contribution in [3.63, 3.8) is 0 Å². The SMILES string of the molecule is Fc1ccc(/C=C/CNCc2cccc3ccccc23)cc1. The van der Waals surface area contributed by atoms with E-state index in [1.165, 1.54) is 28.5 Å². The van der Waals surface area contributed by atoms with Crippen LogP contribution in [0.4, 0.5) is 4.39 Å². The lowest BCUT2D eigenvalue weighted by Gasteiger charge is -2.06. The van der Waals surface area contributed by atoms with Crippen LogP contribution in [-0.4, -0.2) is 6.54 Å². The zero-order valence-corrected chi connectivity index (χ0v) is 12.3. The second kappa shape index (κ2) is 7.01. The van der Waals surface area contributed by atoms with Gasteiger partial charge in [0, 0.05) is 13.1 Å². The highest BCUT2D eigenvalue weighted by Gasteiger charge is 1.98. The van der Waals surface area contributed by atoms with E-state index >= 15 is 0 Å². The van der Waals surface area contributed by atoms with E-state index in [-0.39, 0.29) is 5.82 Å². The van der Waals surface area contributed by atoms with Crippen LogP contribution in [0.1, 0.15) is 11.1 Å². The Morgan fingerprint density at radius 1 is 0.864 bits per heavy atom. The van der Waals surface area contributed by atoms with Gasteiger partial charge in [0.15, 0.2) is 0 Å². The first kappa shape index (κ1) is 14.5. The molecule has 3 aromatic carbocycles. The molecular weight excluding hydrogens is 273 g/mol. The fourth-order valence-corrected chi connectivity index (χ4v) is 2.51. The number of hydrogen-bond acceptors (Lipinski definition) is 1. The molecule has 0 spiro atoms. The molecule has 110 valence electrons. The van der Waals surface area contributed by atoms with E-state index in [0.29, 0.717) is 0 Å². The third kappa shape index (κ3) is 3.60. The van der Waals surface area contributed by atoms with Gasteiger partial charge in [-0.1, -0.05) is 66.7 Å². The van der Waals surface area contributed by atoms with E-state index < -0.39 is 0 Å². The van der Waals surface area contributed by atoms with E-state index in [0.717, 1.165) is 18.7 Å². The summed E-state index contributed by atoms with van der Waals surface area (Å²) in [5.41, 5.74) is 2.31. The van der Waals surface area contributed by atoms with Gasteiger partial charge in [-0.15, -0.1) is 0 Å². The molecule has 0 saturated carbocycles. The molecule has 0 saturated heterocycles. The number of halogens is 1. The number of hydrogen-bond donors (Lipinski definition) is 1. The fraction of sp³-hybridized carbons (Fsp3) is 0.100. The second-order valence-electron chi connectivity index (χ2n) is 5.22. The molecule has 2 heteroatoms. The third-order valence-corrected chi connectivity index (χ3v) is 3.64. The summed E-state index contributed by atoms with van der Waals surface area (Å²) in [6.07, 6.45) is 4.05. The first-order valence-corrected chi connectivity index (χ1v) is 7.42. The van der Waals surface area contributed by atoms with E-state index in [1.54, 1.807) is 12.1 Å². The monoisotopic (exact) mass is 291 g/mol. The predicted octanol–water partition coefficient (Wildman–Crippen LogP) is 4.78. The smallest absolute Gasteiger partial charge is 0.123 e. The van der Waals surface area contributed by atoms with Crippen molar-refractivity contribution in [1.82, 2.24) is 5.32 Å². The van der Waals surface area contributed by atoms with Crippen molar-refractivity contribution in [2.24, 2.45) is 0 Å². The van der Waals surface area contributed by atoms with Crippen molar-refractivity contribution in [1.29, 1.82) is 0 Å². The van der Waals surface area contributed by atoms with Gasteiger partial charge in [0.2, 0.25) is 0 Å². The van der Waals surface area contributed by atoms with Crippen LogP contribution in [0.15, 0.2) is 72.8 Å². The van der Waals surface area contributed by atoms with Gasteiger partial charge < -0.3 is 5.32 Å². The Morgan fingerprint density at radius 3 is 2.50 bits per heavy atom. The van der Waals surface area contributed by atoms with E-state index in [9.17, 15) is 4.39 Å². The van der Waals surface area contributed by atoms with Crippen molar-refractivity contribution >= 4 is 16.8 Å². The first-order valence-electron chi connectivity index (χ1n) is 7.42. The highest BCUT2D eigenvalue weighted by molar-refractivity contribution is 5.85. The average molecular weight is 291 g/mol. The second-order valence-corrected chi connectivity index (χ2v) is 5.22. The Bertz CT molecular complexity index is 770. The summed E-state index contributed by atoms with van der Waals surface area (Å²) in [5, 5.41) is 5.97. The highest BCUT2D eigenvalue weighted by atomic mass is 19.1. The van der Waals surface area contributed by atoms with Crippen molar-refractivity contribution in [3.8, 4) is 0 Å². The predicted molar refractivity (Wildman–Crippen MR) is 91.1 cm³/mol. The maximum atomic E-state index is 12.8. The summed E-state index contributed by atoms with van der Waals surface area (Å²) >= 11 is 0. The van der Waals surface area contributed by atoms with Crippen molar-refractivity contribution in [2.75, 3.05) is 6.54 Å². The quantitative estimate of drug-likeness (QED) is 0.667. The van der Waals surface area contributed by atoms with E-state index in [2.05, 4.69) is 53.9 Å². The maximum Gasteiger partial charge on any atom is 0.123 e. The Labute approximate surface area is 130 Å². The molecule has 1 nitrogen and oxygen atoms in total. The molecule has 0 aromatic heterocycles. The molecule has 0 unspecified atom stereocenters. The van der Waals surface area contributed by atoms with Gasteiger partial charge in [0.25, 0.3) is 0 Å². The Balaban J connectivity index is 1.57. The van der Waals surface area contributed by atoms with Crippen molar-refractivity contribution in [2.45, 2.75) is 6.54 Å². The molecule has 22 heavy (non-hydrogen) atoms. The van der Waals surface area contributed by atoms with Gasteiger partial charge in [-0.05, 0) is 34.0 Å². The highest BCUT2D eigenvalue weighted by Crippen LogP contribution is 2.18. The van der Waals surface area contributed by atoms with Crippen LogP contribution in [0, 0.1) is 5.82 Å². The van der Waals surface area contributed by atoms with Crippen LogP contribution in [0.2, 0.25) is 0 Å². The molecule has 0 radical (unpaired) electrons. The number of fused-ring (bicyclic) bond motifs is 1. The largest absolute Gasteiger partial charge is 0.309 e. The molecular formula is C20H18FN. The molecule has 0 heterocycles. The Morgan fingerprint density at radius 2 is 1.64 bits per heavy atom. The molecule has 1 N–H and O–H groups in total. The minimum Gasteiger partial charge on any atom is -0.309 e. The fourth-order valence-electron chi connectivity index (χ4n) is 2.51. The minimum atomic E-state index is -0.203. The van der Waals surface area contributed by atoms with Gasteiger partial charge in [-0.2, -0.15) is 0 Å². The zero-order valence-electron chi connectivity index (χ0n) is 12.3. The topological polar surface area (TPSA) is 12.0 Å². The van der Waals surface area contributed by atoms with Crippen LogP contribution >= 0.6 is 0 Å². The van der Waals surface area contributed by atoms with Gasteiger partial charge in [0.1, 0.15) is 5.82 Å². The molecule has 0 amide bonds. The summed E-state index contributed by atoms with van der Waals surface area (Å²) in [6.45, 7) is 1.61. The lowest BCUT2D eigenvalue weighted by atomic mass is 10.0. The van der Waals surface area contributed by atoms with Gasteiger partial charge in [-0.25, -0.2) is 4.39 Å². The minimum absolute atomic E-state index is 0.203. The summed E-state index contributed by atoms with van der Waals surface area (Å²) < 4.78 is 12.8. The summed E-state index contributed by atoms with van der Waals surface area (Å²) in [4.78, 5) is 0. The maximum absolute atomic E-state index is 12.8. The van der Waals surface area contributed by atoms with Crippen LogP contribution in [0.3, 0.4) is 0 Å². The van der Waals surface area contributed by atoms with E-state index in [1.807, 2.05) is 6.08 Å². The molecule has 0 atom stereocenters. The van der Waals surface area contributed by atoms with E-state index in [4.69, 9.17) is 0 Å². The van der Waals surface area contributed by atoms with Crippen LogP contribution in [0.25, 0.3) is 16.8 Å². The standard InChI is InChI=1S/C20H18FN/c21-19-12-10-16(11-13-19)5-4-14-22-15-18-8-3-7-17-6-1-2-9-20(17)18/h1-13,22H,14-15H2/b5-4+. The summed E-state index contributed by atoms with van der Waals surface area (Å²) in [6, 6.07) is 21.3. The average Bonchev–Trinajstić information content (AvgIpc) is 2.56. The lowest BCUT2D eigenvalue weighted by Crippen LogP contribution is -2.12. The normalized spacial score (nSPS) is 11.3. The Kier molecular flexibility index (Phi) is 4.62. The molecule has 0 aliphatic rings. The lowest BCUT2D eigenvalue weighted by molar-refractivity contribution is 0.628. The van der Waals surface area contributed by atoms with Gasteiger partial charge >= 0.3 is 0 Å². The summed E-state index contributed by atoms with van der Waals surface area (Å²) in [5.74, 6) is -0.203. The van der Waals surface area contributed by atoms with Crippen LogP contribution in [0.5, 0.6) is 0 Å². The van der Waals surface area contributed by atoms with Crippen LogP contribution in [-0.2, 0) is 6.54 Å². The molecule has 3 aromatic rings. The zero-order chi connectivity index (χ0) is 15.2.